The fourth-order valence-electron chi connectivity index (χ4n) is 4.25. The second-order valence-corrected chi connectivity index (χ2v) is 7.99. The lowest BCUT2D eigenvalue weighted by Crippen LogP contribution is -2.20. The van der Waals surface area contributed by atoms with Gasteiger partial charge < -0.3 is 14.2 Å². The maximum atomic E-state index is 6.27. The summed E-state index contributed by atoms with van der Waals surface area (Å²) in [5.41, 5.74) is 2.08. The number of rotatable bonds is 8. The van der Waals surface area contributed by atoms with Gasteiger partial charge in [-0.05, 0) is 24.1 Å². The second-order valence-electron chi connectivity index (χ2n) is 7.99. The zero-order chi connectivity index (χ0) is 22.0. The van der Waals surface area contributed by atoms with Gasteiger partial charge in [-0.2, -0.15) is 5.10 Å². The molecule has 1 heterocycles. The van der Waals surface area contributed by atoms with Gasteiger partial charge in [0.1, 0.15) is 5.75 Å². The predicted molar refractivity (Wildman–Crippen MR) is 122 cm³/mol. The largest absolute Gasteiger partial charge is 0.493 e. The van der Waals surface area contributed by atoms with Gasteiger partial charge in [-0.1, -0.05) is 60.7 Å². The summed E-state index contributed by atoms with van der Waals surface area (Å²) in [7, 11) is 3.25. The number of H-pyrrole nitrogens is 1. The number of nitrogens with one attached hydrogen (secondary N) is 1. The monoisotopic (exact) mass is 427 g/mol. The van der Waals surface area contributed by atoms with E-state index in [1.165, 1.54) is 5.56 Å². The fourth-order valence-corrected chi connectivity index (χ4v) is 4.25. The number of aromatic amines is 1. The number of aromatic nitrogens is 3. The lowest BCUT2D eigenvalue weighted by molar-refractivity contribution is 0.270. The molecule has 1 fully saturated rings. The first-order valence-electron chi connectivity index (χ1n) is 10.6. The smallest absolute Gasteiger partial charge is 0.164 e. The van der Waals surface area contributed by atoms with Gasteiger partial charge in [-0.15, -0.1) is 0 Å². The van der Waals surface area contributed by atoms with Crippen molar-refractivity contribution in [3.63, 3.8) is 0 Å². The zero-order valence-electron chi connectivity index (χ0n) is 18.1. The Morgan fingerprint density at radius 3 is 2.34 bits per heavy atom. The third-order valence-corrected chi connectivity index (χ3v) is 6.14. The molecule has 0 spiro atoms. The molecule has 0 bridgehead atoms. The molecule has 3 aromatic carbocycles. The van der Waals surface area contributed by atoms with E-state index < -0.39 is 0 Å². The Labute approximate surface area is 187 Å². The highest BCUT2D eigenvalue weighted by Gasteiger charge is 2.58. The van der Waals surface area contributed by atoms with Crippen LogP contribution in [-0.4, -0.2) is 36.0 Å². The molecule has 162 valence electrons. The highest BCUT2D eigenvalue weighted by Crippen LogP contribution is 2.60. The standard InChI is InChI=1S/C26H25N3O3/c1-30-22-14-13-20(15-23(22)31-2)32-17-26(19-11-7-4-8-12-19)16-21(26)25-27-24(28-29-25)18-9-5-3-6-10-18/h3-15,21H,16-17H2,1-2H3,(H,27,28,29). The lowest BCUT2D eigenvalue weighted by Gasteiger charge is -2.19. The van der Waals surface area contributed by atoms with Crippen molar-refractivity contribution in [2.75, 3.05) is 20.8 Å². The van der Waals surface area contributed by atoms with E-state index in [1.54, 1.807) is 14.2 Å². The minimum atomic E-state index is -0.176. The van der Waals surface area contributed by atoms with E-state index in [4.69, 9.17) is 19.2 Å². The van der Waals surface area contributed by atoms with Crippen LogP contribution in [0.1, 0.15) is 23.7 Å². The van der Waals surface area contributed by atoms with Gasteiger partial charge in [-0.25, -0.2) is 4.98 Å². The summed E-state index contributed by atoms with van der Waals surface area (Å²) in [6, 6.07) is 26.1. The van der Waals surface area contributed by atoms with Gasteiger partial charge in [0.05, 0.1) is 20.8 Å². The highest BCUT2D eigenvalue weighted by atomic mass is 16.5. The summed E-state index contributed by atoms with van der Waals surface area (Å²) in [4.78, 5) is 4.81. The number of nitrogens with zero attached hydrogens (tertiary/aromatic N) is 2. The molecular formula is C26H25N3O3. The molecule has 0 saturated heterocycles. The Bertz CT molecular complexity index is 1190. The van der Waals surface area contributed by atoms with Gasteiger partial charge in [0.2, 0.25) is 0 Å². The summed E-state index contributed by atoms with van der Waals surface area (Å²) >= 11 is 0. The van der Waals surface area contributed by atoms with E-state index in [2.05, 4.69) is 34.5 Å². The third kappa shape index (κ3) is 3.68. The van der Waals surface area contributed by atoms with Crippen molar-refractivity contribution in [2.24, 2.45) is 0 Å². The zero-order valence-corrected chi connectivity index (χ0v) is 18.1. The number of ether oxygens (including phenoxy) is 3. The van der Waals surface area contributed by atoms with Gasteiger partial charge >= 0.3 is 0 Å². The molecule has 32 heavy (non-hydrogen) atoms. The first-order valence-corrected chi connectivity index (χ1v) is 10.6. The number of hydrogen-bond donors (Lipinski definition) is 1. The van der Waals surface area contributed by atoms with E-state index >= 15 is 0 Å². The van der Waals surface area contributed by atoms with E-state index in [9.17, 15) is 0 Å². The lowest BCUT2D eigenvalue weighted by atomic mass is 9.94. The Morgan fingerprint density at radius 2 is 1.62 bits per heavy atom. The van der Waals surface area contributed by atoms with E-state index in [1.807, 2.05) is 54.6 Å². The van der Waals surface area contributed by atoms with Crippen molar-refractivity contribution in [3.05, 3.63) is 90.3 Å². The van der Waals surface area contributed by atoms with Gasteiger partial charge in [0.25, 0.3) is 0 Å². The molecular weight excluding hydrogens is 402 g/mol. The van der Waals surface area contributed by atoms with Crippen molar-refractivity contribution in [3.8, 4) is 28.6 Å². The molecule has 5 rings (SSSR count). The molecule has 1 N–H and O–H groups in total. The van der Waals surface area contributed by atoms with Crippen LogP contribution in [0.5, 0.6) is 17.2 Å². The number of benzene rings is 3. The van der Waals surface area contributed by atoms with Crippen molar-refractivity contribution in [1.29, 1.82) is 0 Å². The summed E-state index contributed by atoms with van der Waals surface area (Å²) in [6.07, 6.45) is 0.927. The second kappa shape index (κ2) is 8.38. The molecule has 6 nitrogen and oxygen atoms in total. The third-order valence-electron chi connectivity index (χ3n) is 6.14. The van der Waals surface area contributed by atoms with Crippen molar-refractivity contribution in [2.45, 2.75) is 17.8 Å². The molecule has 0 aliphatic heterocycles. The van der Waals surface area contributed by atoms with E-state index in [-0.39, 0.29) is 11.3 Å². The molecule has 1 saturated carbocycles. The van der Waals surface area contributed by atoms with Crippen LogP contribution < -0.4 is 14.2 Å². The molecule has 1 aromatic heterocycles. The fraction of sp³-hybridized carbons (Fsp3) is 0.231. The Hall–Kier alpha value is -3.80. The first kappa shape index (κ1) is 20.1. The van der Waals surface area contributed by atoms with Crippen LogP contribution in [0.25, 0.3) is 11.4 Å². The molecule has 0 amide bonds. The summed E-state index contributed by atoms with van der Waals surface area (Å²) < 4.78 is 17.0. The Kier molecular flexibility index (Phi) is 5.27. The van der Waals surface area contributed by atoms with Gasteiger partial charge in [-0.3, -0.25) is 5.10 Å². The molecule has 2 atom stereocenters. The molecule has 4 aromatic rings. The summed E-state index contributed by atoms with van der Waals surface area (Å²) in [6.45, 7) is 0.520. The van der Waals surface area contributed by atoms with Gasteiger partial charge in [0, 0.05) is 23.0 Å². The van der Waals surface area contributed by atoms with Crippen molar-refractivity contribution < 1.29 is 14.2 Å². The first-order chi connectivity index (χ1) is 15.7. The van der Waals surface area contributed by atoms with Crippen LogP contribution in [-0.2, 0) is 5.41 Å². The van der Waals surface area contributed by atoms with Crippen molar-refractivity contribution in [1.82, 2.24) is 15.2 Å². The molecule has 0 radical (unpaired) electrons. The van der Waals surface area contributed by atoms with Crippen LogP contribution in [0.4, 0.5) is 0 Å². The topological polar surface area (TPSA) is 69.3 Å². The molecule has 2 unspecified atom stereocenters. The average Bonchev–Trinajstić information content (AvgIpc) is 3.40. The van der Waals surface area contributed by atoms with Crippen LogP contribution >= 0.6 is 0 Å². The minimum Gasteiger partial charge on any atom is -0.493 e. The van der Waals surface area contributed by atoms with E-state index in [0.717, 1.165) is 29.4 Å². The molecule has 1 aliphatic carbocycles. The number of hydrogen-bond acceptors (Lipinski definition) is 5. The average molecular weight is 428 g/mol. The summed E-state index contributed by atoms with van der Waals surface area (Å²) in [5, 5.41) is 7.65. The van der Waals surface area contributed by atoms with Crippen LogP contribution in [0.2, 0.25) is 0 Å². The normalized spacial score (nSPS) is 19.4. The maximum Gasteiger partial charge on any atom is 0.164 e. The number of methoxy groups -OCH3 is 2. The van der Waals surface area contributed by atoms with Crippen LogP contribution in [0.15, 0.2) is 78.9 Å². The summed E-state index contributed by atoms with van der Waals surface area (Å²) in [5.74, 6) is 3.85. The van der Waals surface area contributed by atoms with Gasteiger partial charge in [0.15, 0.2) is 23.1 Å². The highest BCUT2D eigenvalue weighted by molar-refractivity contribution is 5.54. The maximum absolute atomic E-state index is 6.27. The van der Waals surface area contributed by atoms with Crippen molar-refractivity contribution >= 4 is 0 Å². The SMILES string of the molecule is COc1ccc(OCC2(c3ccccc3)CC2c2n[nH]c(-c3ccccc3)n2)cc1OC. The van der Waals surface area contributed by atoms with Crippen LogP contribution in [0.3, 0.4) is 0 Å². The van der Waals surface area contributed by atoms with E-state index in [0.29, 0.717) is 18.1 Å². The van der Waals surface area contributed by atoms with Crippen LogP contribution in [0, 0.1) is 0 Å². The molecule has 6 heteroatoms. The Balaban J connectivity index is 1.40. The molecule has 1 aliphatic rings. The minimum absolute atomic E-state index is 0.176. The quantitative estimate of drug-likeness (QED) is 0.429. The Morgan fingerprint density at radius 1 is 0.906 bits per heavy atom. The predicted octanol–water partition coefficient (Wildman–Crippen LogP) is 4.99.